The third-order valence-electron chi connectivity index (χ3n) is 5.38. The second-order valence-electron chi connectivity index (χ2n) is 6.78. The van der Waals surface area contributed by atoms with Gasteiger partial charge in [-0.3, -0.25) is 0 Å². The van der Waals surface area contributed by atoms with Gasteiger partial charge >= 0.3 is 0 Å². The van der Waals surface area contributed by atoms with Gasteiger partial charge in [0.05, 0.1) is 5.69 Å². The maximum absolute atomic E-state index is 14.1. The van der Waals surface area contributed by atoms with Crippen LogP contribution in [-0.4, -0.2) is 37.1 Å². The topological polar surface area (TPSA) is 6.48 Å². The summed E-state index contributed by atoms with van der Waals surface area (Å²) in [7, 11) is 2.29. The van der Waals surface area contributed by atoms with Crippen molar-refractivity contribution < 1.29 is 4.39 Å². The quantitative estimate of drug-likeness (QED) is 0.831. The maximum atomic E-state index is 14.1. The van der Waals surface area contributed by atoms with E-state index < -0.39 is 0 Å². The lowest BCUT2D eigenvalue weighted by molar-refractivity contribution is 0.150. The molecule has 0 atom stereocenters. The van der Waals surface area contributed by atoms with Crippen molar-refractivity contribution in [3.63, 3.8) is 0 Å². The number of hydrogen-bond donors (Lipinski definition) is 0. The highest BCUT2D eigenvalue weighted by atomic mass is 19.1. The van der Waals surface area contributed by atoms with Crippen LogP contribution in [0.1, 0.15) is 44.1 Å². The molecule has 0 unspecified atom stereocenters. The molecule has 1 aromatic carbocycles. The highest BCUT2D eigenvalue weighted by Gasteiger charge is 2.29. The second kappa shape index (κ2) is 6.35. The Labute approximate surface area is 127 Å². The summed E-state index contributed by atoms with van der Waals surface area (Å²) in [4.78, 5) is 4.82. The Kier molecular flexibility index (Phi) is 4.48. The maximum Gasteiger partial charge on any atom is 0.146 e. The third-order valence-corrected chi connectivity index (χ3v) is 5.38. The lowest BCUT2D eigenvalue weighted by Gasteiger charge is -2.40. The zero-order valence-electron chi connectivity index (χ0n) is 13.3. The molecule has 2 fully saturated rings. The molecule has 2 aliphatic rings. The third kappa shape index (κ3) is 3.23. The van der Waals surface area contributed by atoms with Gasteiger partial charge in [0.1, 0.15) is 5.82 Å². The summed E-state index contributed by atoms with van der Waals surface area (Å²) in [6, 6.07) is 7.06. The van der Waals surface area contributed by atoms with Gasteiger partial charge in [-0.2, -0.15) is 0 Å². The van der Waals surface area contributed by atoms with E-state index in [1.165, 1.54) is 25.7 Å². The average molecular weight is 290 g/mol. The van der Waals surface area contributed by atoms with Crippen molar-refractivity contribution in [3.05, 3.63) is 29.6 Å². The Bertz CT molecular complexity index is 474. The fourth-order valence-corrected chi connectivity index (χ4v) is 3.99. The van der Waals surface area contributed by atoms with E-state index in [0.29, 0.717) is 6.04 Å². The summed E-state index contributed by atoms with van der Waals surface area (Å²) in [5, 5.41) is 0. The molecule has 3 heteroatoms. The van der Waals surface area contributed by atoms with Gasteiger partial charge in [0.25, 0.3) is 0 Å². The molecule has 0 amide bonds. The van der Waals surface area contributed by atoms with Gasteiger partial charge in [0.2, 0.25) is 0 Å². The minimum atomic E-state index is -0.0717. The summed E-state index contributed by atoms with van der Waals surface area (Å²) in [5.74, 6) is -0.0717. The van der Waals surface area contributed by atoms with Crippen LogP contribution in [0.15, 0.2) is 18.2 Å². The van der Waals surface area contributed by atoms with E-state index in [1.807, 2.05) is 19.1 Å². The first kappa shape index (κ1) is 14.8. The first-order valence-electron chi connectivity index (χ1n) is 8.38. The minimum Gasteiger partial charge on any atom is -0.369 e. The normalized spacial score (nSPS) is 21.4. The van der Waals surface area contributed by atoms with E-state index in [-0.39, 0.29) is 5.82 Å². The van der Waals surface area contributed by atoms with Crippen molar-refractivity contribution >= 4 is 5.69 Å². The molecule has 3 rings (SSSR count). The van der Waals surface area contributed by atoms with E-state index in [1.54, 1.807) is 6.07 Å². The zero-order chi connectivity index (χ0) is 14.8. The van der Waals surface area contributed by atoms with Crippen molar-refractivity contribution in [3.8, 4) is 0 Å². The van der Waals surface area contributed by atoms with Gasteiger partial charge in [-0.1, -0.05) is 18.9 Å². The number of benzene rings is 1. The van der Waals surface area contributed by atoms with Crippen LogP contribution in [0.25, 0.3) is 0 Å². The monoisotopic (exact) mass is 290 g/mol. The van der Waals surface area contributed by atoms with E-state index in [0.717, 1.165) is 43.2 Å². The summed E-state index contributed by atoms with van der Waals surface area (Å²) >= 11 is 0. The molecular formula is C18H27FN2. The number of nitrogens with zero attached hydrogens (tertiary/aromatic N) is 2. The van der Waals surface area contributed by atoms with Gasteiger partial charge in [-0.25, -0.2) is 4.39 Å². The molecule has 0 bridgehead atoms. The minimum absolute atomic E-state index is 0.0717. The Morgan fingerprint density at radius 3 is 2.29 bits per heavy atom. The average Bonchev–Trinajstić information content (AvgIpc) is 3.01. The molecule has 116 valence electrons. The molecule has 21 heavy (non-hydrogen) atoms. The van der Waals surface area contributed by atoms with Crippen LogP contribution in [0.5, 0.6) is 0 Å². The number of aryl methyl sites for hydroxylation is 1. The summed E-state index contributed by atoms with van der Waals surface area (Å²) in [6.45, 7) is 3.89. The van der Waals surface area contributed by atoms with E-state index in [9.17, 15) is 4.39 Å². The summed E-state index contributed by atoms with van der Waals surface area (Å²) in [5.41, 5.74) is 1.77. The lowest BCUT2D eigenvalue weighted by atomic mass is 10.0. The fourth-order valence-electron chi connectivity index (χ4n) is 3.99. The van der Waals surface area contributed by atoms with Crippen LogP contribution in [0.3, 0.4) is 0 Å². The number of halogens is 1. The SMILES string of the molecule is Cc1ccc(N2CCC(N(C)C3CCCC3)CC2)c(F)c1. The molecule has 1 aliphatic heterocycles. The number of rotatable bonds is 3. The summed E-state index contributed by atoms with van der Waals surface area (Å²) < 4.78 is 14.1. The van der Waals surface area contributed by atoms with Crippen LogP contribution in [0.2, 0.25) is 0 Å². The van der Waals surface area contributed by atoms with Crippen molar-refractivity contribution in [2.24, 2.45) is 0 Å². The van der Waals surface area contributed by atoms with Gasteiger partial charge in [-0.15, -0.1) is 0 Å². The summed E-state index contributed by atoms with van der Waals surface area (Å²) in [6.07, 6.45) is 7.82. The Morgan fingerprint density at radius 2 is 1.67 bits per heavy atom. The first-order valence-corrected chi connectivity index (χ1v) is 8.38. The van der Waals surface area contributed by atoms with Crippen LogP contribution < -0.4 is 4.90 Å². The standard InChI is InChI=1S/C18H27FN2/c1-14-7-8-18(17(19)13-14)21-11-9-16(10-12-21)20(2)15-5-3-4-6-15/h7-8,13,15-16H,3-6,9-12H2,1-2H3. The number of hydrogen-bond acceptors (Lipinski definition) is 2. The van der Waals surface area contributed by atoms with Crippen LogP contribution in [0, 0.1) is 12.7 Å². The molecule has 2 nitrogen and oxygen atoms in total. The van der Waals surface area contributed by atoms with Gasteiger partial charge < -0.3 is 9.80 Å². The van der Waals surface area contributed by atoms with E-state index in [2.05, 4.69) is 16.8 Å². The van der Waals surface area contributed by atoms with Gasteiger partial charge in [-0.05, 0) is 57.4 Å². The molecular weight excluding hydrogens is 263 g/mol. The predicted molar refractivity (Wildman–Crippen MR) is 86.4 cm³/mol. The molecule has 1 saturated carbocycles. The van der Waals surface area contributed by atoms with E-state index in [4.69, 9.17) is 0 Å². The van der Waals surface area contributed by atoms with Crippen molar-refractivity contribution in [1.82, 2.24) is 4.90 Å². The number of piperidine rings is 1. The largest absolute Gasteiger partial charge is 0.369 e. The lowest BCUT2D eigenvalue weighted by Crippen LogP contribution is -2.46. The Balaban J connectivity index is 1.59. The van der Waals surface area contributed by atoms with Crippen LogP contribution in [0.4, 0.5) is 10.1 Å². The van der Waals surface area contributed by atoms with E-state index >= 15 is 0 Å². The van der Waals surface area contributed by atoms with Crippen molar-refractivity contribution in [2.45, 2.75) is 57.5 Å². The van der Waals surface area contributed by atoms with Crippen LogP contribution >= 0.6 is 0 Å². The molecule has 0 aromatic heterocycles. The molecule has 1 aromatic rings. The molecule has 0 radical (unpaired) electrons. The van der Waals surface area contributed by atoms with Gasteiger partial charge in [0, 0.05) is 25.2 Å². The fraction of sp³-hybridized carbons (Fsp3) is 0.667. The molecule has 1 saturated heterocycles. The van der Waals surface area contributed by atoms with Crippen LogP contribution in [-0.2, 0) is 0 Å². The molecule has 0 N–H and O–H groups in total. The first-order chi connectivity index (χ1) is 10.1. The zero-order valence-corrected chi connectivity index (χ0v) is 13.3. The Hall–Kier alpha value is -1.09. The highest BCUT2D eigenvalue weighted by Crippen LogP contribution is 2.29. The molecule has 1 heterocycles. The highest BCUT2D eigenvalue weighted by molar-refractivity contribution is 5.49. The van der Waals surface area contributed by atoms with Crippen molar-refractivity contribution in [2.75, 3.05) is 25.0 Å². The van der Waals surface area contributed by atoms with Crippen molar-refractivity contribution in [1.29, 1.82) is 0 Å². The molecule has 1 aliphatic carbocycles. The van der Waals surface area contributed by atoms with Gasteiger partial charge in [0.15, 0.2) is 0 Å². The molecule has 0 spiro atoms. The second-order valence-corrected chi connectivity index (χ2v) is 6.78. The number of anilines is 1. The Morgan fingerprint density at radius 1 is 1.05 bits per heavy atom. The smallest absolute Gasteiger partial charge is 0.146 e. The predicted octanol–water partition coefficient (Wildman–Crippen LogP) is 3.98.